The molecule has 2 N–H and O–H groups in total. The van der Waals surface area contributed by atoms with Gasteiger partial charge in [-0.3, -0.25) is 14.3 Å². The number of rotatable bonds is 2. The Bertz CT molecular complexity index is 612. The van der Waals surface area contributed by atoms with E-state index >= 15 is 0 Å². The van der Waals surface area contributed by atoms with Gasteiger partial charge in [-0.05, 0) is 19.8 Å². The molecule has 0 saturated carbocycles. The summed E-state index contributed by atoms with van der Waals surface area (Å²) in [5.41, 5.74) is -1.89. The lowest BCUT2D eigenvalue weighted by molar-refractivity contribution is -0.0661. The molecule has 1 aliphatic rings. The molecule has 1 aromatic heterocycles. The van der Waals surface area contributed by atoms with E-state index in [1.807, 2.05) is 6.07 Å². The monoisotopic (exact) mass is 251 g/mol. The summed E-state index contributed by atoms with van der Waals surface area (Å²) >= 11 is 0. The second-order valence-corrected chi connectivity index (χ2v) is 4.35. The van der Waals surface area contributed by atoms with E-state index in [0.717, 1.165) is 0 Å². The number of H-pyrrole nitrogens is 1. The number of aryl methyl sites for hydroxylation is 1. The number of hydrogen-bond donors (Lipinski definition) is 2. The van der Waals surface area contributed by atoms with Crippen LogP contribution in [0.25, 0.3) is 0 Å². The van der Waals surface area contributed by atoms with Gasteiger partial charge < -0.3 is 9.84 Å². The Labute approximate surface area is 102 Å². The van der Waals surface area contributed by atoms with E-state index in [0.29, 0.717) is 18.4 Å². The van der Waals surface area contributed by atoms with Gasteiger partial charge in [0.25, 0.3) is 5.56 Å². The smallest absolute Gasteiger partial charge is 0.330 e. The predicted molar refractivity (Wildman–Crippen MR) is 60.8 cm³/mol. The lowest BCUT2D eigenvalue weighted by Gasteiger charge is -2.20. The van der Waals surface area contributed by atoms with Crippen molar-refractivity contribution in [2.45, 2.75) is 31.6 Å². The Morgan fingerprint density at radius 3 is 3.00 bits per heavy atom. The average molecular weight is 251 g/mol. The zero-order valence-electron chi connectivity index (χ0n) is 9.84. The van der Waals surface area contributed by atoms with Crippen LogP contribution in [0.2, 0.25) is 0 Å². The first kappa shape index (κ1) is 12.5. The fourth-order valence-corrected chi connectivity index (χ4v) is 1.96. The lowest BCUT2D eigenvalue weighted by Crippen LogP contribution is -2.36. The van der Waals surface area contributed by atoms with E-state index in [1.54, 1.807) is 6.92 Å². The van der Waals surface area contributed by atoms with Crippen molar-refractivity contribution in [3.8, 4) is 6.07 Å². The summed E-state index contributed by atoms with van der Waals surface area (Å²) in [6.45, 7) is 1.16. The molecule has 18 heavy (non-hydrogen) atoms. The molecule has 1 aromatic rings. The van der Waals surface area contributed by atoms with Crippen molar-refractivity contribution in [2.24, 2.45) is 0 Å². The van der Waals surface area contributed by atoms with Crippen molar-refractivity contribution < 1.29 is 9.84 Å². The van der Waals surface area contributed by atoms with Gasteiger partial charge in [-0.25, -0.2) is 4.79 Å². The number of aromatic nitrogens is 2. The molecule has 1 fully saturated rings. The van der Waals surface area contributed by atoms with Crippen LogP contribution in [0.3, 0.4) is 0 Å². The first-order valence-electron chi connectivity index (χ1n) is 5.53. The molecule has 2 heterocycles. The Kier molecular flexibility index (Phi) is 3.07. The highest BCUT2D eigenvalue weighted by Crippen LogP contribution is 2.34. The van der Waals surface area contributed by atoms with Gasteiger partial charge in [0.15, 0.2) is 5.60 Å². The molecule has 0 spiro atoms. The minimum atomic E-state index is -1.26. The summed E-state index contributed by atoms with van der Waals surface area (Å²) in [6, 6.07) is 1.91. The summed E-state index contributed by atoms with van der Waals surface area (Å²) < 4.78 is 6.68. The van der Waals surface area contributed by atoms with Gasteiger partial charge in [0, 0.05) is 11.8 Å². The second-order valence-electron chi connectivity index (χ2n) is 4.35. The minimum Gasteiger partial charge on any atom is -0.392 e. The lowest BCUT2D eigenvalue weighted by atomic mass is 10.0. The fraction of sp³-hybridized carbons (Fsp3) is 0.545. The van der Waals surface area contributed by atoms with Crippen LogP contribution in [-0.2, 0) is 4.74 Å². The predicted octanol–water partition coefficient (Wildman–Crippen LogP) is -0.591. The Morgan fingerprint density at radius 1 is 1.72 bits per heavy atom. The highest BCUT2D eigenvalue weighted by molar-refractivity contribution is 5.07. The molecule has 0 aromatic carbocycles. The molecule has 1 aliphatic heterocycles. The molecular formula is C11H13N3O4. The number of hydrogen-bond acceptors (Lipinski definition) is 5. The van der Waals surface area contributed by atoms with Crippen LogP contribution in [0.15, 0.2) is 15.8 Å². The van der Waals surface area contributed by atoms with Crippen LogP contribution in [0.4, 0.5) is 0 Å². The van der Waals surface area contributed by atoms with Crippen LogP contribution in [0.5, 0.6) is 0 Å². The third-order valence-corrected chi connectivity index (χ3v) is 3.07. The summed E-state index contributed by atoms with van der Waals surface area (Å²) in [7, 11) is 0. The van der Waals surface area contributed by atoms with Gasteiger partial charge in [0.1, 0.15) is 12.3 Å². The molecule has 0 amide bonds. The maximum Gasteiger partial charge on any atom is 0.330 e. The molecule has 0 aliphatic carbocycles. The standard InChI is InChI=1S/C11H13N3O4/c1-7-4-14(10(17)13-9(7)16)8-2-3-11(5-12,6-15)18-8/h4,8,15H,2-3,6H2,1H3,(H,13,16,17). The van der Waals surface area contributed by atoms with E-state index in [9.17, 15) is 9.59 Å². The number of aliphatic hydroxyl groups excluding tert-OH is 1. The third-order valence-electron chi connectivity index (χ3n) is 3.07. The van der Waals surface area contributed by atoms with Gasteiger partial charge in [-0.1, -0.05) is 0 Å². The molecule has 1 saturated heterocycles. The molecule has 7 nitrogen and oxygen atoms in total. The van der Waals surface area contributed by atoms with E-state index in [4.69, 9.17) is 15.1 Å². The summed E-state index contributed by atoms with van der Waals surface area (Å²) in [4.78, 5) is 25.1. The number of aromatic amines is 1. The van der Waals surface area contributed by atoms with E-state index in [2.05, 4.69) is 4.98 Å². The van der Waals surface area contributed by atoms with Crippen molar-refractivity contribution in [1.82, 2.24) is 9.55 Å². The molecule has 2 rings (SSSR count). The van der Waals surface area contributed by atoms with E-state index in [-0.39, 0.29) is 0 Å². The summed E-state index contributed by atoms with van der Waals surface area (Å²) in [6.07, 6.45) is 1.53. The molecule has 96 valence electrons. The Morgan fingerprint density at radius 2 is 2.44 bits per heavy atom. The number of nitrogens with zero attached hydrogens (tertiary/aromatic N) is 2. The molecule has 2 atom stereocenters. The largest absolute Gasteiger partial charge is 0.392 e. The quantitative estimate of drug-likeness (QED) is 0.730. The highest BCUT2D eigenvalue weighted by atomic mass is 16.5. The van der Waals surface area contributed by atoms with Crippen molar-refractivity contribution in [2.75, 3.05) is 6.61 Å². The number of nitriles is 1. The fourth-order valence-electron chi connectivity index (χ4n) is 1.96. The van der Waals surface area contributed by atoms with Gasteiger partial charge in [-0.15, -0.1) is 0 Å². The molecule has 2 unspecified atom stereocenters. The first-order chi connectivity index (χ1) is 8.51. The maximum atomic E-state index is 11.6. The van der Waals surface area contributed by atoms with Crippen molar-refractivity contribution in [1.29, 1.82) is 5.26 Å². The van der Waals surface area contributed by atoms with Crippen molar-refractivity contribution >= 4 is 0 Å². The van der Waals surface area contributed by atoms with Gasteiger partial charge in [-0.2, -0.15) is 5.26 Å². The third kappa shape index (κ3) is 1.96. The summed E-state index contributed by atoms with van der Waals surface area (Å²) in [5.74, 6) is 0. The minimum absolute atomic E-state index is 0.343. The number of aliphatic hydroxyl groups is 1. The van der Waals surface area contributed by atoms with Crippen LogP contribution in [0.1, 0.15) is 24.6 Å². The number of ether oxygens (including phenoxy) is 1. The highest BCUT2D eigenvalue weighted by Gasteiger charge is 2.41. The molecule has 7 heteroatoms. The summed E-state index contributed by atoms with van der Waals surface area (Å²) in [5, 5.41) is 18.1. The maximum absolute atomic E-state index is 11.6. The van der Waals surface area contributed by atoms with Crippen LogP contribution in [0, 0.1) is 18.3 Å². The van der Waals surface area contributed by atoms with Gasteiger partial charge in [0.2, 0.25) is 0 Å². The van der Waals surface area contributed by atoms with Gasteiger partial charge in [0.05, 0.1) is 6.61 Å². The molecule has 0 radical (unpaired) electrons. The van der Waals surface area contributed by atoms with Crippen molar-refractivity contribution in [3.63, 3.8) is 0 Å². The van der Waals surface area contributed by atoms with E-state index in [1.165, 1.54) is 10.8 Å². The normalized spacial score (nSPS) is 27.1. The SMILES string of the molecule is Cc1cn(C2CCC(C#N)(CO)O2)c(=O)[nH]c1=O. The molecule has 0 bridgehead atoms. The van der Waals surface area contributed by atoms with Crippen LogP contribution in [-0.4, -0.2) is 26.9 Å². The zero-order valence-corrected chi connectivity index (χ0v) is 9.84. The van der Waals surface area contributed by atoms with Gasteiger partial charge >= 0.3 is 5.69 Å². The Balaban J connectivity index is 2.36. The first-order valence-corrected chi connectivity index (χ1v) is 5.53. The van der Waals surface area contributed by atoms with Crippen LogP contribution < -0.4 is 11.2 Å². The number of nitrogens with one attached hydrogen (secondary N) is 1. The molecular weight excluding hydrogens is 238 g/mol. The topological polar surface area (TPSA) is 108 Å². The van der Waals surface area contributed by atoms with E-state index < -0.39 is 29.7 Å². The zero-order chi connectivity index (χ0) is 13.3. The average Bonchev–Trinajstić information content (AvgIpc) is 2.79. The van der Waals surface area contributed by atoms with Crippen molar-refractivity contribution in [3.05, 3.63) is 32.6 Å². The van der Waals surface area contributed by atoms with Crippen LogP contribution >= 0.6 is 0 Å². The second kappa shape index (κ2) is 4.40. The Hall–Kier alpha value is -1.91.